The van der Waals surface area contributed by atoms with Crippen LogP contribution in [0.3, 0.4) is 0 Å². The molecule has 0 aromatic carbocycles. The first-order valence-electron chi connectivity index (χ1n) is 7.90. The lowest BCUT2D eigenvalue weighted by atomic mass is 9.92. The molecule has 1 rings (SSSR count). The van der Waals surface area contributed by atoms with Gasteiger partial charge in [-0.05, 0) is 20.3 Å². The van der Waals surface area contributed by atoms with Crippen LogP contribution in [0.1, 0.15) is 65.8 Å². The third kappa shape index (κ3) is 4.88. The topological polar surface area (TPSA) is 89.3 Å². The zero-order valence-corrected chi connectivity index (χ0v) is 15.7. The summed E-state index contributed by atoms with van der Waals surface area (Å²) in [4.78, 5) is 12.5. The zero-order valence-electron chi connectivity index (χ0n) is 14.9. The molecule has 0 bridgehead atoms. The van der Waals surface area contributed by atoms with Gasteiger partial charge in [-0.15, -0.1) is 0 Å². The van der Waals surface area contributed by atoms with Crippen molar-refractivity contribution in [3.63, 3.8) is 0 Å². The van der Waals surface area contributed by atoms with Gasteiger partial charge in [-0.3, -0.25) is 4.79 Å². The van der Waals surface area contributed by atoms with Gasteiger partial charge in [-0.25, -0.2) is 13.1 Å². The molecule has 0 spiro atoms. The van der Waals surface area contributed by atoms with Crippen LogP contribution in [0, 0.1) is 0 Å². The molecule has 132 valence electrons. The summed E-state index contributed by atoms with van der Waals surface area (Å²) in [6.07, 6.45) is 1.55. The number of ketones is 1. The summed E-state index contributed by atoms with van der Waals surface area (Å²) >= 11 is 0. The molecule has 1 heterocycles. The lowest BCUT2D eigenvalue weighted by Crippen LogP contribution is -2.48. The highest BCUT2D eigenvalue weighted by Gasteiger charge is 2.41. The number of carbonyl (C=O) groups excluding carboxylic acids is 1. The molecule has 0 saturated heterocycles. The van der Waals surface area contributed by atoms with Gasteiger partial charge in [0, 0.05) is 18.0 Å². The number of unbranched alkanes of at least 4 members (excludes halogenated alkanes) is 1. The number of nitrogens with one attached hydrogen (secondary N) is 1. The fraction of sp³-hybridized carbons (Fsp3) is 0.750. The molecule has 7 heteroatoms. The minimum atomic E-state index is -3.73. The quantitative estimate of drug-likeness (QED) is 0.732. The second-order valence-electron chi connectivity index (χ2n) is 7.29. The predicted molar refractivity (Wildman–Crippen MR) is 89.8 cm³/mol. The first kappa shape index (κ1) is 19.8. The summed E-state index contributed by atoms with van der Waals surface area (Å²) in [5, 5.41) is 3.88. The van der Waals surface area contributed by atoms with E-state index >= 15 is 0 Å². The average molecular weight is 344 g/mol. The maximum atomic E-state index is 12.5. The van der Waals surface area contributed by atoms with Crippen molar-refractivity contribution < 1.29 is 17.7 Å². The molecule has 0 amide bonds. The number of carbonyl (C=O) groups is 1. The van der Waals surface area contributed by atoms with Gasteiger partial charge >= 0.3 is 0 Å². The van der Waals surface area contributed by atoms with Crippen LogP contribution in [-0.4, -0.2) is 30.6 Å². The van der Waals surface area contributed by atoms with Gasteiger partial charge in [0.2, 0.25) is 10.0 Å². The molecule has 23 heavy (non-hydrogen) atoms. The van der Waals surface area contributed by atoms with Gasteiger partial charge in [0.25, 0.3) is 0 Å². The summed E-state index contributed by atoms with van der Waals surface area (Å²) in [6.45, 7) is 11.1. The largest absolute Gasteiger partial charge is 0.361 e. The number of sulfonamides is 1. The van der Waals surface area contributed by atoms with Crippen LogP contribution in [0.15, 0.2) is 10.6 Å². The van der Waals surface area contributed by atoms with Crippen molar-refractivity contribution in [2.45, 2.75) is 71.0 Å². The molecular formula is C16H28N2O4S. The van der Waals surface area contributed by atoms with Crippen molar-refractivity contribution in [1.82, 2.24) is 9.88 Å². The molecule has 0 aliphatic heterocycles. The van der Waals surface area contributed by atoms with Crippen LogP contribution in [0.2, 0.25) is 0 Å². The second kappa shape index (κ2) is 7.13. The van der Waals surface area contributed by atoms with E-state index in [0.29, 0.717) is 18.0 Å². The van der Waals surface area contributed by atoms with Crippen LogP contribution in [-0.2, 0) is 26.7 Å². The fourth-order valence-electron chi connectivity index (χ4n) is 1.84. The van der Waals surface area contributed by atoms with E-state index in [2.05, 4.69) is 9.88 Å². The van der Waals surface area contributed by atoms with Crippen molar-refractivity contribution in [3.8, 4) is 0 Å². The number of rotatable bonds is 8. The summed E-state index contributed by atoms with van der Waals surface area (Å²) in [6, 6.07) is 1.71. The Morgan fingerprint density at radius 1 is 1.26 bits per heavy atom. The SMILES string of the molecule is CCCCNS(=O)(=O)C(C)(C)C(=O)Cc1cc(C(C)(C)C)on1. The normalized spacial score (nSPS) is 13.3. The Morgan fingerprint density at radius 3 is 2.35 bits per heavy atom. The zero-order chi connectivity index (χ0) is 17.9. The molecule has 0 radical (unpaired) electrons. The smallest absolute Gasteiger partial charge is 0.223 e. The van der Waals surface area contributed by atoms with E-state index in [0.717, 1.165) is 12.8 Å². The molecule has 1 aromatic heterocycles. The highest BCUT2D eigenvalue weighted by Crippen LogP contribution is 2.24. The molecular weight excluding hydrogens is 316 g/mol. The Labute approximate surface area is 139 Å². The molecule has 0 aliphatic rings. The van der Waals surface area contributed by atoms with Crippen molar-refractivity contribution >= 4 is 15.8 Å². The van der Waals surface area contributed by atoms with Gasteiger partial charge in [0.15, 0.2) is 5.78 Å². The highest BCUT2D eigenvalue weighted by atomic mass is 32.2. The Hall–Kier alpha value is -1.21. The third-order valence-corrected chi connectivity index (χ3v) is 5.96. The van der Waals surface area contributed by atoms with Crippen LogP contribution < -0.4 is 4.72 Å². The van der Waals surface area contributed by atoms with Gasteiger partial charge in [0.1, 0.15) is 10.5 Å². The van der Waals surface area contributed by atoms with E-state index in [4.69, 9.17) is 4.52 Å². The number of Topliss-reactive ketones (excluding diaryl/α,β-unsaturated/α-hetero) is 1. The summed E-state index contributed by atoms with van der Waals surface area (Å²) in [5.74, 6) is 0.261. The Balaban J connectivity index is 2.85. The third-order valence-electron chi connectivity index (χ3n) is 3.81. The van der Waals surface area contributed by atoms with Crippen LogP contribution in [0.25, 0.3) is 0 Å². The summed E-state index contributed by atoms with van der Waals surface area (Å²) in [5.41, 5.74) is 0.245. The van der Waals surface area contributed by atoms with E-state index in [9.17, 15) is 13.2 Å². The summed E-state index contributed by atoms with van der Waals surface area (Å²) < 4.78 is 30.9. The van der Waals surface area contributed by atoms with E-state index in [1.54, 1.807) is 6.07 Å². The molecule has 0 fully saturated rings. The highest BCUT2D eigenvalue weighted by molar-refractivity contribution is 7.91. The maximum absolute atomic E-state index is 12.5. The van der Waals surface area contributed by atoms with E-state index < -0.39 is 20.6 Å². The van der Waals surface area contributed by atoms with Crippen LogP contribution in [0.4, 0.5) is 0 Å². The van der Waals surface area contributed by atoms with Gasteiger partial charge in [-0.2, -0.15) is 0 Å². The molecule has 0 aliphatic carbocycles. The van der Waals surface area contributed by atoms with Crippen LogP contribution >= 0.6 is 0 Å². The lowest BCUT2D eigenvalue weighted by molar-refractivity contribution is -0.120. The predicted octanol–water partition coefficient (Wildman–Crippen LogP) is 2.58. The molecule has 1 N–H and O–H groups in total. The van der Waals surface area contributed by atoms with Gasteiger partial charge in [0.05, 0.1) is 12.1 Å². The van der Waals surface area contributed by atoms with Crippen molar-refractivity contribution in [1.29, 1.82) is 0 Å². The first-order chi connectivity index (χ1) is 10.4. The second-order valence-corrected chi connectivity index (χ2v) is 9.61. The van der Waals surface area contributed by atoms with E-state index in [1.165, 1.54) is 13.8 Å². The molecule has 0 atom stereocenters. The maximum Gasteiger partial charge on any atom is 0.223 e. The van der Waals surface area contributed by atoms with Gasteiger partial charge < -0.3 is 4.52 Å². The summed E-state index contributed by atoms with van der Waals surface area (Å²) in [7, 11) is -3.73. The monoisotopic (exact) mass is 344 g/mol. The molecule has 6 nitrogen and oxygen atoms in total. The first-order valence-corrected chi connectivity index (χ1v) is 9.38. The Kier molecular flexibility index (Phi) is 6.15. The van der Waals surface area contributed by atoms with E-state index in [1.807, 2.05) is 27.7 Å². The average Bonchev–Trinajstić information content (AvgIpc) is 2.87. The minimum absolute atomic E-state index is 0.0682. The fourth-order valence-corrected chi connectivity index (χ4v) is 2.99. The lowest BCUT2D eigenvalue weighted by Gasteiger charge is -2.23. The number of hydrogen-bond donors (Lipinski definition) is 1. The number of aromatic nitrogens is 1. The van der Waals surface area contributed by atoms with Crippen molar-refractivity contribution in [2.75, 3.05) is 6.54 Å². The van der Waals surface area contributed by atoms with Crippen molar-refractivity contribution in [2.24, 2.45) is 0 Å². The minimum Gasteiger partial charge on any atom is -0.361 e. The molecule has 1 aromatic rings. The Morgan fingerprint density at radius 2 is 1.87 bits per heavy atom. The van der Waals surface area contributed by atoms with Crippen LogP contribution in [0.5, 0.6) is 0 Å². The number of nitrogens with zero attached hydrogens (tertiary/aromatic N) is 1. The standard InChI is InChI=1S/C16H28N2O4S/c1-7-8-9-17-23(20,21)16(5,6)13(19)10-12-11-14(22-18-12)15(2,3)4/h11,17H,7-10H2,1-6H3. The molecule has 0 unspecified atom stereocenters. The van der Waals surface area contributed by atoms with E-state index in [-0.39, 0.29) is 11.8 Å². The number of hydrogen-bond acceptors (Lipinski definition) is 5. The van der Waals surface area contributed by atoms with Gasteiger partial charge in [-0.1, -0.05) is 39.3 Å². The van der Waals surface area contributed by atoms with Crippen molar-refractivity contribution in [3.05, 3.63) is 17.5 Å². The molecule has 0 saturated carbocycles. The Bertz CT molecular complexity index is 639.